The second kappa shape index (κ2) is 9.88. The van der Waals surface area contributed by atoms with E-state index in [9.17, 15) is 9.59 Å². The lowest BCUT2D eigenvalue weighted by molar-refractivity contribution is -0.129. The SMILES string of the molecule is COCCCN(CCC(=O)NCC(C)C)C(C)=O. The van der Waals surface area contributed by atoms with E-state index in [-0.39, 0.29) is 11.8 Å². The van der Waals surface area contributed by atoms with E-state index >= 15 is 0 Å². The molecule has 0 aliphatic heterocycles. The quantitative estimate of drug-likeness (QED) is 0.629. The van der Waals surface area contributed by atoms with Crippen molar-refractivity contribution in [2.75, 3.05) is 33.4 Å². The third kappa shape index (κ3) is 8.98. The second-order valence-corrected chi connectivity index (χ2v) is 4.80. The zero-order valence-corrected chi connectivity index (χ0v) is 12.0. The third-order valence-corrected chi connectivity index (χ3v) is 2.54. The van der Waals surface area contributed by atoms with Crippen molar-refractivity contribution in [2.45, 2.75) is 33.6 Å². The maximum atomic E-state index is 11.5. The number of hydrogen-bond acceptors (Lipinski definition) is 3. The number of carbonyl (C=O) groups is 2. The molecule has 18 heavy (non-hydrogen) atoms. The van der Waals surface area contributed by atoms with Gasteiger partial charge in [-0.3, -0.25) is 9.59 Å². The molecule has 0 aliphatic carbocycles. The first-order valence-electron chi connectivity index (χ1n) is 6.48. The van der Waals surface area contributed by atoms with Crippen molar-refractivity contribution in [3.63, 3.8) is 0 Å². The van der Waals surface area contributed by atoms with Crippen molar-refractivity contribution in [3.05, 3.63) is 0 Å². The summed E-state index contributed by atoms with van der Waals surface area (Å²) in [4.78, 5) is 24.6. The molecule has 0 aromatic carbocycles. The lowest BCUT2D eigenvalue weighted by Crippen LogP contribution is -2.35. The smallest absolute Gasteiger partial charge is 0.221 e. The molecule has 2 amide bonds. The van der Waals surface area contributed by atoms with Gasteiger partial charge in [-0.25, -0.2) is 0 Å². The van der Waals surface area contributed by atoms with E-state index in [0.717, 1.165) is 6.42 Å². The molecule has 0 saturated heterocycles. The first-order chi connectivity index (χ1) is 8.47. The number of ether oxygens (including phenoxy) is 1. The van der Waals surface area contributed by atoms with Crippen LogP contribution in [0.1, 0.15) is 33.6 Å². The number of nitrogens with one attached hydrogen (secondary N) is 1. The summed E-state index contributed by atoms with van der Waals surface area (Å²) >= 11 is 0. The Hall–Kier alpha value is -1.10. The summed E-state index contributed by atoms with van der Waals surface area (Å²) in [5, 5.41) is 2.84. The summed E-state index contributed by atoms with van der Waals surface area (Å²) in [7, 11) is 1.64. The molecule has 0 rings (SSSR count). The fraction of sp³-hybridized carbons (Fsp3) is 0.846. The van der Waals surface area contributed by atoms with Crippen LogP contribution < -0.4 is 5.32 Å². The second-order valence-electron chi connectivity index (χ2n) is 4.80. The lowest BCUT2D eigenvalue weighted by atomic mass is 10.2. The van der Waals surface area contributed by atoms with Gasteiger partial charge < -0.3 is 15.0 Å². The summed E-state index contributed by atoms with van der Waals surface area (Å²) in [5.74, 6) is 0.448. The van der Waals surface area contributed by atoms with Crippen LogP contribution in [-0.2, 0) is 14.3 Å². The van der Waals surface area contributed by atoms with E-state index in [1.54, 1.807) is 12.0 Å². The normalized spacial score (nSPS) is 10.5. The minimum absolute atomic E-state index is 0.00157. The lowest BCUT2D eigenvalue weighted by Gasteiger charge is -2.20. The maximum absolute atomic E-state index is 11.5. The maximum Gasteiger partial charge on any atom is 0.221 e. The summed E-state index contributed by atoms with van der Waals surface area (Å²) in [6.45, 7) is 8.05. The van der Waals surface area contributed by atoms with E-state index < -0.39 is 0 Å². The van der Waals surface area contributed by atoms with Crippen LogP contribution in [0, 0.1) is 5.92 Å². The Balaban J connectivity index is 3.88. The summed E-state index contributed by atoms with van der Waals surface area (Å²) in [6.07, 6.45) is 1.16. The van der Waals surface area contributed by atoms with Crippen LogP contribution in [0.15, 0.2) is 0 Å². The Kier molecular flexibility index (Phi) is 9.28. The van der Waals surface area contributed by atoms with Gasteiger partial charge in [-0.1, -0.05) is 13.8 Å². The molecule has 1 N–H and O–H groups in total. The molecule has 0 unspecified atom stereocenters. The van der Waals surface area contributed by atoms with Crippen molar-refractivity contribution in [2.24, 2.45) is 5.92 Å². The van der Waals surface area contributed by atoms with Gasteiger partial charge in [0.2, 0.25) is 11.8 Å². The van der Waals surface area contributed by atoms with Crippen molar-refractivity contribution >= 4 is 11.8 Å². The van der Waals surface area contributed by atoms with Gasteiger partial charge in [0, 0.05) is 46.7 Å². The molecule has 0 saturated carbocycles. The van der Waals surface area contributed by atoms with Crippen LogP contribution in [0.2, 0.25) is 0 Å². The topological polar surface area (TPSA) is 58.6 Å². The number of nitrogens with zero attached hydrogens (tertiary/aromatic N) is 1. The molecule has 106 valence electrons. The Morgan fingerprint density at radius 1 is 1.28 bits per heavy atom. The van der Waals surface area contributed by atoms with Gasteiger partial charge in [-0.05, 0) is 12.3 Å². The predicted molar refractivity (Wildman–Crippen MR) is 71.2 cm³/mol. The van der Waals surface area contributed by atoms with Crippen LogP contribution in [0.3, 0.4) is 0 Å². The van der Waals surface area contributed by atoms with Gasteiger partial charge in [0.25, 0.3) is 0 Å². The minimum Gasteiger partial charge on any atom is -0.385 e. The summed E-state index contributed by atoms with van der Waals surface area (Å²) in [5.41, 5.74) is 0. The van der Waals surface area contributed by atoms with Gasteiger partial charge in [0.05, 0.1) is 0 Å². The first-order valence-corrected chi connectivity index (χ1v) is 6.48. The van der Waals surface area contributed by atoms with Crippen LogP contribution >= 0.6 is 0 Å². The Bertz CT molecular complexity index is 255. The van der Waals surface area contributed by atoms with Gasteiger partial charge in [0.15, 0.2) is 0 Å². The van der Waals surface area contributed by atoms with E-state index in [0.29, 0.717) is 38.6 Å². The van der Waals surface area contributed by atoms with Gasteiger partial charge >= 0.3 is 0 Å². The highest BCUT2D eigenvalue weighted by molar-refractivity contribution is 5.77. The molecular formula is C13H26N2O3. The highest BCUT2D eigenvalue weighted by Gasteiger charge is 2.10. The van der Waals surface area contributed by atoms with Crippen LogP contribution in [-0.4, -0.2) is 50.1 Å². The molecule has 5 nitrogen and oxygen atoms in total. The molecule has 0 fully saturated rings. The van der Waals surface area contributed by atoms with E-state index in [2.05, 4.69) is 5.32 Å². The highest BCUT2D eigenvalue weighted by atomic mass is 16.5. The Labute approximate surface area is 110 Å². The molecular weight excluding hydrogens is 232 g/mol. The van der Waals surface area contributed by atoms with Gasteiger partial charge in [0.1, 0.15) is 0 Å². The van der Waals surface area contributed by atoms with Gasteiger partial charge in [-0.15, -0.1) is 0 Å². The Morgan fingerprint density at radius 3 is 2.44 bits per heavy atom. The van der Waals surface area contributed by atoms with Crippen molar-refractivity contribution < 1.29 is 14.3 Å². The number of methoxy groups -OCH3 is 1. The molecule has 0 atom stereocenters. The summed E-state index contributed by atoms with van der Waals surface area (Å²) < 4.78 is 4.95. The van der Waals surface area contributed by atoms with E-state index in [4.69, 9.17) is 4.74 Å². The highest BCUT2D eigenvalue weighted by Crippen LogP contribution is 1.97. The predicted octanol–water partition coefficient (Wildman–Crippen LogP) is 1.03. The minimum atomic E-state index is 0.00157. The van der Waals surface area contributed by atoms with Crippen molar-refractivity contribution in [1.82, 2.24) is 10.2 Å². The molecule has 0 aliphatic rings. The standard InChI is InChI=1S/C13H26N2O3/c1-11(2)10-14-13(17)6-8-15(12(3)16)7-5-9-18-4/h11H,5-10H2,1-4H3,(H,14,17). The number of rotatable bonds is 9. The number of carbonyl (C=O) groups excluding carboxylic acids is 2. The van der Waals surface area contributed by atoms with E-state index in [1.165, 1.54) is 6.92 Å². The molecule has 0 radical (unpaired) electrons. The first kappa shape index (κ1) is 16.9. The summed E-state index contributed by atoms with van der Waals surface area (Å²) in [6, 6.07) is 0. The third-order valence-electron chi connectivity index (χ3n) is 2.54. The number of hydrogen-bond donors (Lipinski definition) is 1. The van der Waals surface area contributed by atoms with Crippen LogP contribution in [0.5, 0.6) is 0 Å². The Morgan fingerprint density at radius 2 is 1.94 bits per heavy atom. The largest absolute Gasteiger partial charge is 0.385 e. The molecule has 0 spiro atoms. The average Bonchev–Trinajstić information content (AvgIpc) is 2.30. The molecule has 0 aromatic heterocycles. The van der Waals surface area contributed by atoms with E-state index in [1.807, 2.05) is 13.8 Å². The zero-order valence-electron chi connectivity index (χ0n) is 12.0. The fourth-order valence-electron chi connectivity index (χ4n) is 1.47. The van der Waals surface area contributed by atoms with Crippen LogP contribution in [0.25, 0.3) is 0 Å². The van der Waals surface area contributed by atoms with Crippen molar-refractivity contribution in [1.29, 1.82) is 0 Å². The number of amides is 2. The monoisotopic (exact) mass is 258 g/mol. The van der Waals surface area contributed by atoms with Crippen molar-refractivity contribution in [3.8, 4) is 0 Å². The van der Waals surface area contributed by atoms with Gasteiger partial charge in [-0.2, -0.15) is 0 Å². The molecule has 0 heterocycles. The average molecular weight is 258 g/mol. The van der Waals surface area contributed by atoms with Crippen LogP contribution in [0.4, 0.5) is 0 Å². The molecule has 0 bridgehead atoms. The zero-order chi connectivity index (χ0) is 14.0. The molecule has 0 aromatic rings. The molecule has 5 heteroatoms. The fourth-order valence-corrected chi connectivity index (χ4v) is 1.47.